The van der Waals surface area contributed by atoms with E-state index in [2.05, 4.69) is 20.5 Å². The van der Waals surface area contributed by atoms with Gasteiger partial charge in [0.2, 0.25) is 0 Å². The van der Waals surface area contributed by atoms with E-state index >= 15 is 0 Å². The van der Waals surface area contributed by atoms with Crippen molar-refractivity contribution < 1.29 is 4.92 Å². The maximum Gasteiger partial charge on any atom is 0.293 e. The third kappa shape index (κ3) is 2.57. The maximum absolute atomic E-state index is 10.9. The van der Waals surface area contributed by atoms with E-state index < -0.39 is 4.92 Å². The van der Waals surface area contributed by atoms with Crippen molar-refractivity contribution in [3.05, 3.63) is 45.5 Å². The van der Waals surface area contributed by atoms with Gasteiger partial charge in [-0.15, -0.1) is 0 Å². The average molecular weight is 268 g/mol. The van der Waals surface area contributed by atoms with Crippen LogP contribution in [0.4, 0.5) is 11.4 Å². The van der Waals surface area contributed by atoms with Gasteiger partial charge in [-0.05, 0) is 19.1 Å². The number of nitrogens with zero attached hydrogens (tertiary/aromatic N) is 3. The van der Waals surface area contributed by atoms with Crippen LogP contribution in [0.2, 0.25) is 5.02 Å². The molecule has 0 aliphatic heterocycles. The largest absolute Gasteiger partial charge is 0.370 e. The predicted molar refractivity (Wildman–Crippen MR) is 66.5 cm³/mol. The number of nitro benzene ring substituents is 1. The van der Waals surface area contributed by atoms with Gasteiger partial charge in [0.15, 0.2) is 0 Å². The minimum absolute atomic E-state index is 0.0751. The number of halogens is 1. The molecule has 1 heterocycles. The summed E-state index contributed by atoms with van der Waals surface area (Å²) >= 11 is 5.74. The molecule has 7 nitrogen and oxygen atoms in total. The van der Waals surface area contributed by atoms with Crippen LogP contribution in [0.15, 0.2) is 24.5 Å². The number of H-pyrrole nitrogens is 1. The highest BCUT2D eigenvalue weighted by Gasteiger charge is 2.17. The number of aromatic nitrogens is 3. The highest BCUT2D eigenvalue weighted by atomic mass is 35.5. The second kappa shape index (κ2) is 5.01. The van der Waals surface area contributed by atoms with E-state index in [4.69, 9.17) is 11.6 Å². The van der Waals surface area contributed by atoms with E-state index in [1.54, 1.807) is 12.1 Å². The summed E-state index contributed by atoms with van der Waals surface area (Å²) in [6, 6.07) is 4.22. The molecule has 0 amide bonds. The number of nitro groups is 1. The smallest absolute Gasteiger partial charge is 0.293 e. The first-order valence-electron chi connectivity index (χ1n) is 5.13. The van der Waals surface area contributed by atoms with Gasteiger partial charge < -0.3 is 5.32 Å². The summed E-state index contributed by atoms with van der Waals surface area (Å²) < 4.78 is 0. The number of rotatable bonds is 4. The summed E-state index contributed by atoms with van der Waals surface area (Å²) in [6.45, 7) is 1.82. The molecule has 2 aromatic rings. The van der Waals surface area contributed by atoms with E-state index in [9.17, 15) is 10.1 Å². The molecule has 1 aromatic carbocycles. The zero-order valence-electron chi connectivity index (χ0n) is 9.42. The van der Waals surface area contributed by atoms with Crippen LogP contribution in [0.3, 0.4) is 0 Å². The number of anilines is 1. The van der Waals surface area contributed by atoms with Gasteiger partial charge in [0.05, 0.1) is 11.0 Å². The van der Waals surface area contributed by atoms with Crippen molar-refractivity contribution in [2.75, 3.05) is 5.32 Å². The Morgan fingerprint density at radius 1 is 1.56 bits per heavy atom. The van der Waals surface area contributed by atoms with Gasteiger partial charge >= 0.3 is 0 Å². The van der Waals surface area contributed by atoms with E-state index in [0.717, 1.165) is 0 Å². The summed E-state index contributed by atoms with van der Waals surface area (Å²) in [7, 11) is 0. The second-order valence-electron chi connectivity index (χ2n) is 3.66. The Kier molecular flexibility index (Phi) is 3.42. The summed E-state index contributed by atoms with van der Waals surface area (Å²) in [6.07, 6.45) is 1.38. The monoisotopic (exact) mass is 267 g/mol. The molecule has 1 atom stereocenters. The summed E-state index contributed by atoms with van der Waals surface area (Å²) in [5.41, 5.74) is 0.308. The lowest BCUT2D eigenvalue weighted by Crippen LogP contribution is -2.10. The summed E-state index contributed by atoms with van der Waals surface area (Å²) in [5.74, 6) is 0.597. The minimum atomic E-state index is -0.485. The van der Waals surface area contributed by atoms with Crippen molar-refractivity contribution in [1.82, 2.24) is 15.2 Å². The van der Waals surface area contributed by atoms with Gasteiger partial charge in [-0.1, -0.05) is 11.6 Å². The lowest BCUT2D eigenvalue weighted by Gasteiger charge is -2.12. The number of hydrogen-bond donors (Lipinski definition) is 2. The molecule has 0 aliphatic carbocycles. The maximum atomic E-state index is 10.9. The summed E-state index contributed by atoms with van der Waals surface area (Å²) in [5, 5.41) is 20.6. The Hall–Kier alpha value is -2.15. The van der Waals surface area contributed by atoms with Crippen LogP contribution in [0.25, 0.3) is 0 Å². The van der Waals surface area contributed by atoms with Crippen molar-refractivity contribution in [3.8, 4) is 0 Å². The van der Waals surface area contributed by atoms with Crippen LogP contribution in [0, 0.1) is 10.1 Å². The zero-order chi connectivity index (χ0) is 13.1. The fourth-order valence-corrected chi connectivity index (χ4v) is 1.67. The Morgan fingerprint density at radius 2 is 2.33 bits per heavy atom. The van der Waals surface area contributed by atoms with Gasteiger partial charge in [-0.3, -0.25) is 15.2 Å². The van der Waals surface area contributed by atoms with Crippen LogP contribution < -0.4 is 5.32 Å². The van der Waals surface area contributed by atoms with Gasteiger partial charge in [-0.25, -0.2) is 4.98 Å². The molecule has 2 rings (SSSR count). The van der Waals surface area contributed by atoms with Crippen molar-refractivity contribution in [3.63, 3.8) is 0 Å². The zero-order valence-corrected chi connectivity index (χ0v) is 10.2. The number of nitrogens with one attached hydrogen (secondary N) is 2. The lowest BCUT2D eigenvalue weighted by molar-refractivity contribution is -0.384. The molecule has 0 saturated carbocycles. The first-order valence-corrected chi connectivity index (χ1v) is 5.51. The van der Waals surface area contributed by atoms with Crippen LogP contribution >= 0.6 is 11.6 Å². The van der Waals surface area contributed by atoms with Crippen LogP contribution in [-0.4, -0.2) is 20.1 Å². The molecule has 94 valence electrons. The van der Waals surface area contributed by atoms with Gasteiger partial charge in [-0.2, -0.15) is 5.10 Å². The molecular weight excluding hydrogens is 258 g/mol. The molecule has 1 aromatic heterocycles. The molecule has 0 bridgehead atoms. The first kappa shape index (κ1) is 12.3. The van der Waals surface area contributed by atoms with E-state index in [0.29, 0.717) is 16.5 Å². The molecule has 0 aliphatic rings. The van der Waals surface area contributed by atoms with Crippen LogP contribution in [-0.2, 0) is 0 Å². The van der Waals surface area contributed by atoms with Crippen molar-refractivity contribution >= 4 is 23.0 Å². The Morgan fingerprint density at radius 3 is 2.94 bits per heavy atom. The van der Waals surface area contributed by atoms with Crippen molar-refractivity contribution in [2.24, 2.45) is 0 Å². The summed E-state index contributed by atoms with van der Waals surface area (Å²) in [4.78, 5) is 14.4. The van der Waals surface area contributed by atoms with E-state index in [1.165, 1.54) is 12.4 Å². The molecule has 1 unspecified atom stereocenters. The molecule has 0 saturated heterocycles. The van der Waals surface area contributed by atoms with Crippen molar-refractivity contribution in [1.29, 1.82) is 0 Å². The average Bonchev–Trinajstić information content (AvgIpc) is 2.84. The van der Waals surface area contributed by atoms with Gasteiger partial charge in [0.1, 0.15) is 17.8 Å². The quantitative estimate of drug-likeness (QED) is 0.655. The predicted octanol–water partition coefficient (Wildman–Crippen LogP) is 2.54. The highest BCUT2D eigenvalue weighted by Crippen LogP contribution is 2.29. The van der Waals surface area contributed by atoms with Crippen LogP contribution in [0.1, 0.15) is 18.8 Å². The first-order chi connectivity index (χ1) is 8.58. The molecule has 8 heteroatoms. The number of hydrogen-bond acceptors (Lipinski definition) is 5. The molecule has 0 spiro atoms. The standard InChI is InChI=1S/C10H10ClN5O2/c1-6(10-12-5-13-15-10)14-8-3-2-7(11)4-9(8)16(17)18/h2-6,14H,1H3,(H,12,13,15). The Labute approximate surface area is 107 Å². The van der Waals surface area contributed by atoms with E-state index in [-0.39, 0.29) is 11.7 Å². The fraction of sp³-hybridized carbons (Fsp3) is 0.200. The third-order valence-corrected chi connectivity index (χ3v) is 2.61. The lowest BCUT2D eigenvalue weighted by atomic mass is 10.2. The SMILES string of the molecule is CC(Nc1ccc(Cl)cc1[N+](=O)[O-])c1ncn[nH]1. The Balaban J connectivity index is 2.26. The molecule has 18 heavy (non-hydrogen) atoms. The van der Waals surface area contributed by atoms with Crippen molar-refractivity contribution in [2.45, 2.75) is 13.0 Å². The third-order valence-electron chi connectivity index (χ3n) is 2.37. The second-order valence-corrected chi connectivity index (χ2v) is 4.09. The molecule has 0 radical (unpaired) electrons. The molecule has 0 fully saturated rings. The van der Waals surface area contributed by atoms with Gasteiger partial charge in [0.25, 0.3) is 5.69 Å². The van der Waals surface area contributed by atoms with Gasteiger partial charge in [0, 0.05) is 11.1 Å². The highest BCUT2D eigenvalue weighted by molar-refractivity contribution is 6.30. The number of aromatic amines is 1. The van der Waals surface area contributed by atoms with E-state index in [1.807, 2.05) is 6.92 Å². The van der Waals surface area contributed by atoms with Crippen LogP contribution in [0.5, 0.6) is 0 Å². The fourth-order valence-electron chi connectivity index (χ4n) is 1.50. The topological polar surface area (TPSA) is 96.7 Å². The normalized spacial score (nSPS) is 12.1. The minimum Gasteiger partial charge on any atom is -0.370 e. The molecule has 2 N–H and O–H groups in total. The molecular formula is C10H10ClN5O2. The number of benzene rings is 1. The Bertz CT molecular complexity index is 557.